The Morgan fingerprint density at radius 2 is 1.96 bits per heavy atom. The highest BCUT2D eigenvalue weighted by Crippen LogP contribution is 2.16. The Kier molecular flexibility index (Phi) is 5.01. The average molecular weight is 375 g/mol. The molecule has 140 valence electrons. The lowest BCUT2D eigenvalue weighted by Gasteiger charge is -2.10. The van der Waals surface area contributed by atoms with E-state index >= 15 is 0 Å². The predicted molar refractivity (Wildman–Crippen MR) is 104 cm³/mol. The summed E-state index contributed by atoms with van der Waals surface area (Å²) in [5, 5.41) is 7.01. The Labute approximate surface area is 161 Å². The Bertz CT molecular complexity index is 1120. The summed E-state index contributed by atoms with van der Waals surface area (Å²) in [5.74, 6) is 0.165. The standard InChI is InChI=1S/C22H18FN3O2/c23-21-7-2-1-5-18(21)15-28-20-6-3-4-16(12-20)14-24-22(27)17-9-11-26-19(13-17)8-10-25-26/h1-13H,14-15H2,(H,24,27). The molecule has 0 fully saturated rings. The predicted octanol–water partition coefficient (Wildman–Crippen LogP) is 3.98. The lowest BCUT2D eigenvalue weighted by atomic mass is 10.2. The van der Waals surface area contributed by atoms with Gasteiger partial charge in [0.25, 0.3) is 5.91 Å². The molecule has 0 atom stereocenters. The number of fused-ring (bicyclic) bond motifs is 1. The van der Waals surface area contributed by atoms with Crippen LogP contribution in [0.15, 0.2) is 79.1 Å². The molecule has 0 saturated carbocycles. The number of rotatable bonds is 6. The molecular formula is C22H18FN3O2. The smallest absolute Gasteiger partial charge is 0.251 e. The molecule has 0 bridgehead atoms. The zero-order chi connectivity index (χ0) is 19.3. The van der Waals surface area contributed by atoms with Gasteiger partial charge in [-0.15, -0.1) is 0 Å². The minimum atomic E-state index is -0.291. The van der Waals surface area contributed by atoms with Gasteiger partial charge in [0.15, 0.2) is 0 Å². The zero-order valence-corrected chi connectivity index (χ0v) is 15.0. The van der Waals surface area contributed by atoms with Crippen molar-refractivity contribution < 1.29 is 13.9 Å². The van der Waals surface area contributed by atoms with Gasteiger partial charge in [0.1, 0.15) is 18.2 Å². The third-order valence-electron chi connectivity index (χ3n) is 4.37. The van der Waals surface area contributed by atoms with Crippen LogP contribution in [0.25, 0.3) is 5.52 Å². The fourth-order valence-electron chi connectivity index (χ4n) is 2.87. The normalized spacial score (nSPS) is 10.8. The molecule has 1 N–H and O–H groups in total. The fraction of sp³-hybridized carbons (Fsp3) is 0.0909. The number of carbonyl (C=O) groups excluding carboxylic acids is 1. The molecule has 5 nitrogen and oxygen atoms in total. The van der Waals surface area contributed by atoms with E-state index in [1.807, 2.05) is 24.3 Å². The van der Waals surface area contributed by atoms with Gasteiger partial charge in [-0.1, -0.05) is 30.3 Å². The van der Waals surface area contributed by atoms with E-state index < -0.39 is 0 Å². The van der Waals surface area contributed by atoms with E-state index in [9.17, 15) is 9.18 Å². The summed E-state index contributed by atoms with van der Waals surface area (Å²) in [4.78, 5) is 12.4. The quantitative estimate of drug-likeness (QED) is 0.555. The van der Waals surface area contributed by atoms with Gasteiger partial charge in [0.05, 0.1) is 5.52 Å². The van der Waals surface area contributed by atoms with Crippen LogP contribution < -0.4 is 10.1 Å². The van der Waals surface area contributed by atoms with Gasteiger partial charge in [-0.05, 0) is 42.0 Å². The van der Waals surface area contributed by atoms with Crippen molar-refractivity contribution in [1.82, 2.24) is 14.9 Å². The average Bonchev–Trinajstić information content (AvgIpc) is 3.19. The second-order valence-electron chi connectivity index (χ2n) is 6.33. The number of amides is 1. The Balaban J connectivity index is 1.37. The van der Waals surface area contributed by atoms with Crippen molar-refractivity contribution in [2.45, 2.75) is 13.2 Å². The molecule has 0 aliphatic heterocycles. The maximum absolute atomic E-state index is 13.7. The zero-order valence-electron chi connectivity index (χ0n) is 15.0. The number of nitrogens with one attached hydrogen (secondary N) is 1. The highest BCUT2D eigenvalue weighted by Gasteiger charge is 2.07. The van der Waals surface area contributed by atoms with Crippen LogP contribution in [-0.2, 0) is 13.2 Å². The van der Waals surface area contributed by atoms with E-state index in [1.54, 1.807) is 53.3 Å². The van der Waals surface area contributed by atoms with Gasteiger partial charge >= 0.3 is 0 Å². The molecule has 0 aliphatic rings. The lowest BCUT2D eigenvalue weighted by molar-refractivity contribution is 0.0951. The minimum absolute atomic E-state index is 0.147. The van der Waals surface area contributed by atoms with Gasteiger partial charge in [-0.2, -0.15) is 5.10 Å². The molecule has 1 amide bonds. The van der Waals surface area contributed by atoms with E-state index in [1.165, 1.54) is 6.07 Å². The first-order valence-corrected chi connectivity index (χ1v) is 8.86. The summed E-state index contributed by atoms with van der Waals surface area (Å²) in [6.45, 7) is 0.508. The molecule has 0 aliphatic carbocycles. The molecule has 2 aromatic carbocycles. The number of carbonyl (C=O) groups is 1. The Morgan fingerprint density at radius 1 is 1.07 bits per heavy atom. The van der Waals surface area contributed by atoms with E-state index in [4.69, 9.17) is 4.74 Å². The summed E-state index contributed by atoms with van der Waals surface area (Å²) in [6, 6.07) is 19.3. The van der Waals surface area contributed by atoms with Crippen LogP contribution in [-0.4, -0.2) is 15.5 Å². The van der Waals surface area contributed by atoms with Crippen molar-refractivity contribution >= 4 is 11.4 Å². The van der Waals surface area contributed by atoms with Gasteiger partial charge in [0, 0.05) is 30.1 Å². The van der Waals surface area contributed by atoms with Crippen molar-refractivity contribution in [1.29, 1.82) is 0 Å². The summed E-state index contributed by atoms with van der Waals surface area (Å²) >= 11 is 0. The van der Waals surface area contributed by atoms with Crippen LogP contribution in [0.4, 0.5) is 4.39 Å². The fourth-order valence-corrected chi connectivity index (χ4v) is 2.87. The molecule has 0 saturated heterocycles. The highest BCUT2D eigenvalue weighted by molar-refractivity contribution is 5.95. The lowest BCUT2D eigenvalue weighted by Crippen LogP contribution is -2.22. The molecule has 2 heterocycles. The Hall–Kier alpha value is -3.67. The summed E-state index contributed by atoms with van der Waals surface area (Å²) in [6.07, 6.45) is 3.44. The molecule has 28 heavy (non-hydrogen) atoms. The first-order chi connectivity index (χ1) is 13.7. The monoisotopic (exact) mass is 375 g/mol. The minimum Gasteiger partial charge on any atom is -0.489 e. The SMILES string of the molecule is O=C(NCc1cccc(OCc2ccccc2F)c1)c1ccn2nccc2c1. The van der Waals surface area contributed by atoms with Crippen LogP contribution >= 0.6 is 0 Å². The first kappa shape index (κ1) is 17.7. The molecule has 0 radical (unpaired) electrons. The van der Waals surface area contributed by atoms with Crippen LogP contribution in [0.5, 0.6) is 5.75 Å². The number of halogens is 1. The third-order valence-corrected chi connectivity index (χ3v) is 4.37. The van der Waals surface area contributed by atoms with Gasteiger partial charge in [-0.25, -0.2) is 8.91 Å². The number of ether oxygens (including phenoxy) is 1. The van der Waals surface area contributed by atoms with Crippen LogP contribution in [0.2, 0.25) is 0 Å². The van der Waals surface area contributed by atoms with E-state index in [2.05, 4.69) is 10.4 Å². The number of aromatic nitrogens is 2. The first-order valence-electron chi connectivity index (χ1n) is 8.86. The van der Waals surface area contributed by atoms with Gasteiger partial charge < -0.3 is 10.1 Å². The van der Waals surface area contributed by atoms with Gasteiger partial charge in [-0.3, -0.25) is 4.79 Å². The molecule has 6 heteroatoms. The van der Waals surface area contributed by atoms with Crippen molar-refractivity contribution in [3.63, 3.8) is 0 Å². The van der Waals surface area contributed by atoms with Crippen LogP contribution in [0, 0.1) is 5.82 Å². The second kappa shape index (κ2) is 7.92. The van der Waals surface area contributed by atoms with E-state index in [-0.39, 0.29) is 18.3 Å². The third kappa shape index (κ3) is 4.01. The molecule has 0 unspecified atom stereocenters. The topological polar surface area (TPSA) is 55.6 Å². The van der Waals surface area contributed by atoms with Crippen molar-refractivity contribution in [3.05, 3.63) is 102 Å². The molecule has 4 rings (SSSR count). The maximum Gasteiger partial charge on any atom is 0.251 e. The molecule has 4 aromatic rings. The summed E-state index contributed by atoms with van der Waals surface area (Å²) < 4.78 is 21.1. The summed E-state index contributed by atoms with van der Waals surface area (Å²) in [7, 11) is 0. The van der Waals surface area contributed by atoms with E-state index in [0.717, 1.165) is 11.1 Å². The van der Waals surface area contributed by atoms with Crippen LogP contribution in [0.3, 0.4) is 0 Å². The Morgan fingerprint density at radius 3 is 2.86 bits per heavy atom. The largest absolute Gasteiger partial charge is 0.489 e. The maximum atomic E-state index is 13.7. The van der Waals surface area contributed by atoms with Gasteiger partial charge in [0.2, 0.25) is 0 Å². The second-order valence-corrected chi connectivity index (χ2v) is 6.33. The van der Waals surface area contributed by atoms with Crippen molar-refractivity contribution in [2.75, 3.05) is 0 Å². The molecular weight excluding hydrogens is 357 g/mol. The number of benzene rings is 2. The number of pyridine rings is 1. The molecule has 0 spiro atoms. The highest BCUT2D eigenvalue weighted by atomic mass is 19.1. The van der Waals surface area contributed by atoms with Crippen molar-refractivity contribution in [2.24, 2.45) is 0 Å². The number of hydrogen-bond donors (Lipinski definition) is 1. The van der Waals surface area contributed by atoms with Crippen molar-refractivity contribution in [3.8, 4) is 5.75 Å². The molecule has 2 aromatic heterocycles. The van der Waals surface area contributed by atoms with Crippen LogP contribution in [0.1, 0.15) is 21.5 Å². The van der Waals surface area contributed by atoms with E-state index in [0.29, 0.717) is 23.4 Å². The summed E-state index contributed by atoms with van der Waals surface area (Å²) in [5.41, 5.74) is 2.82. The number of hydrogen-bond acceptors (Lipinski definition) is 3. The number of nitrogens with zero attached hydrogens (tertiary/aromatic N) is 2.